The molecule has 2 aromatic carbocycles. The molecule has 1 fully saturated rings. The van der Waals surface area contributed by atoms with Crippen molar-refractivity contribution in [3.63, 3.8) is 0 Å². The van der Waals surface area contributed by atoms with Crippen molar-refractivity contribution in [3.8, 4) is 5.75 Å². The zero-order chi connectivity index (χ0) is 23.8. The predicted octanol–water partition coefficient (Wildman–Crippen LogP) is 5.77. The van der Waals surface area contributed by atoms with Gasteiger partial charge in [0.1, 0.15) is 17.6 Å². The molecule has 0 radical (unpaired) electrons. The van der Waals surface area contributed by atoms with Crippen LogP contribution in [0.25, 0.3) is 0 Å². The molecule has 0 saturated heterocycles. The van der Waals surface area contributed by atoms with Crippen molar-refractivity contribution in [2.24, 2.45) is 0 Å². The lowest BCUT2D eigenvalue weighted by Crippen LogP contribution is -2.52. The van der Waals surface area contributed by atoms with Gasteiger partial charge >= 0.3 is 0 Å². The largest absolute Gasteiger partial charge is 0.484 e. The molecule has 2 amide bonds. The molecule has 1 N–H and O–H groups in total. The number of carbonyl (C=O) groups excluding carboxylic acids is 2. The van der Waals surface area contributed by atoms with E-state index in [1.165, 1.54) is 35.6 Å². The SMILES string of the molecule is CCC(C(=O)NC1CCCCC1)N(Cc1ccc(Cl)cc1Cl)C(=O)COc1ccc(F)cc1. The lowest BCUT2D eigenvalue weighted by atomic mass is 9.95. The van der Waals surface area contributed by atoms with Crippen LogP contribution in [0.5, 0.6) is 5.75 Å². The number of amides is 2. The topological polar surface area (TPSA) is 58.6 Å². The van der Waals surface area contributed by atoms with Crippen LogP contribution in [-0.4, -0.2) is 35.4 Å². The van der Waals surface area contributed by atoms with Gasteiger partial charge in [-0.15, -0.1) is 0 Å². The standard InChI is InChI=1S/C25H29Cl2FN2O3/c1-2-23(25(32)29-20-6-4-3-5-7-20)30(15-17-8-9-18(26)14-22(17)27)24(31)16-33-21-12-10-19(28)11-13-21/h8-14,20,23H,2-7,15-16H2,1H3,(H,29,32). The first-order valence-electron chi connectivity index (χ1n) is 11.3. The number of hydrogen-bond acceptors (Lipinski definition) is 3. The maximum atomic E-state index is 13.2. The lowest BCUT2D eigenvalue weighted by Gasteiger charge is -2.33. The Bertz CT molecular complexity index is 949. The maximum absolute atomic E-state index is 13.2. The zero-order valence-electron chi connectivity index (χ0n) is 18.7. The quantitative estimate of drug-likeness (QED) is 0.481. The lowest BCUT2D eigenvalue weighted by molar-refractivity contribution is -0.143. The molecule has 0 aromatic heterocycles. The van der Waals surface area contributed by atoms with Crippen molar-refractivity contribution in [1.82, 2.24) is 10.2 Å². The summed E-state index contributed by atoms with van der Waals surface area (Å²) in [6, 6.07) is 9.94. The first-order chi connectivity index (χ1) is 15.9. The first kappa shape index (κ1) is 25.3. The molecule has 1 atom stereocenters. The van der Waals surface area contributed by atoms with E-state index in [9.17, 15) is 14.0 Å². The van der Waals surface area contributed by atoms with Crippen LogP contribution in [0.2, 0.25) is 10.0 Å². The van der Waals surface area contributed by atoms with E-state index in [0.717, 1.165) is 25.7 Å². The van der Waals surface area contributed by atoms with E-state index in [2.05, 4.69) is 5.32 Å². The van der Waals surface area contributed by atoms with Crippen LogP contribution >= 0.6 is 23.2 Å². The van der Waals surface area contributed by atoms with Gasteiger partial charge in [-0.25, -0.2) is 4.39 Å². The van der Waals surface area contributed by atoms with E-state index in [4.69, 9.17) is 27.9 Å². The van der Waals surface area contributed by atoms with Crippen LogP contribution in [0.15, 0.2) is 42.5 Å². The van der Waals surface area contributed by atoms with Crippen LogP contribution in [0.1, 0.15) is 51.0 Å². The number of rotatable bonds is 9. The second-order valence-corrected chi connectivity index (χ2v) is 9.11. The second-order valence-electron chi connectivity index (χ2n) is 8.27. The highest BCUT2D eigenvalue weighted by Crippen LogP contribution is 2.24. The average Bonchev–Trinajstić information content (AvgIpc) is 2.80. The number of halogens is 3. The smallest absolute Gasteiger partial charge is 0.261 e. The molecule has 0 aliphatic heterocycles. The van der Waals surface area contributed by atoms with Crippen molar-refractivity contribution >= 4 is 35.0 Å². The van der Waals surface area contributed by atoms with Crippen molar-refractivity contribution in [2.45, 2.75) is 64.1 Å². The summed E-state index contributed by atoms with van der Waals surface area (Å²) in [6.45, 7) is 1.72. The monoisotopic (exact) mass is 494 g/mol. The molecular formula is C25H29Cl2FN2O3. The zero-order valence-corrected chi connectivity index (χ0v) is 20.2. The number of benzene rings is 2. The molecule has 3 rings (SSSR count). The molecule has 33 heavy (non-hydrogen) atoms. The molecule has 1 saturated carbocycles. The van der Waals surface area contributed by atoms with Gasteiger partial charge in [-0.3, -0.25) is 9.59 Å². The minimum Gasteiger partial charge on any atom is -0.484 e. The van der Waals surface area contributed by atoms with Gasteiger partial charge in [-0.05, 0) is 61.2 Å². The van der Waals surface area contributed by atoms with E-state index in [0.29, 0.717) is 27.8 Å². The highest BCUT2D eigenvalue weighted by molar-refractivity contribution is 6.35. The number of nitrogens with zero attached hydrogens (tertiary/aromatic N) is 1. The molecule has 8 heteroatoms. The van der Waals surface area contributed by atoms with Crippen molar-refractivity contribution in [1.29, 1.82) is 0 Å². The molecule has 0 heterocycles. The summed E-state index contributed by atoms with van der Waals surface area (Å²) in [5.74, 6) is -0.562. The minimum atomic E-state index is -0.678. The van der Waals surface area contributed by atoms with Crippen LogP contribution in [0.3, 0.4) is 0 Å². The molecule has 5 nitrogen and oxygen atoms in total. The average molecular weight is 495 g/mol. The van der Waals surface area contributed by atoms with Gasteiger partial charge in [0.2, 0.25) is 5.91 Å². The highest BCUT2D eigenvalue weighted by atomic mass is 35.5. The predicted molar refractivity (Wildman–Crippen MR) is 128 cm³/mol. The Kier molecular flexibility index (Phi) is 9.39. The summed E-state index contributed by atoms with van der Waals surface area (Å²) in [6.07, 6.45) is 5.71. The summed E-state index contributed by atoms with van der Waals surface area (Å²) in [7, 11) is 0. The van der Waals surface area contributed by atoms with Gasteiger partial charge < -0.3 is 15.0 Å². The van der Waals surface area contributed by atoms with Gasteiger partial charge in [0.05, 0.1) is 0 Å². The molecule has 1 unspecified atom stereocenters. The molecular weight excluding hydrogens is 466 g/mol. The molecule has 0 bridgehead atoms. The number of ether oxygens (including phenoxy) is 1. The maximum Gasteiger partial charge on any atom is 0.261 e. The number of carbonyl (C=O) groups is 2. The first-order valence-corrected chi connectivity index (χ1v) is 12.0. The third kappa shape index (κ3) is 7.34. The molecule has 178 valence electrons. The van der Waals surface area contributed by atoms with Crippen molar-refractivity contribution < 1.29 is 18.7 Å². The van der Waals surface area contributed by atoms with Gasteiger partial charge in [0.15, 0.2) is 6.61 Å². The van der Waals surface area contributed by atoms with Crippen LogP contribution in [-0.2, 0) is 16.1 Å². The van der Waals surface area contributed by atoms with E-state index in [1.54, 1.807) is 18.2 Å². The highest BCUT2D eigenvalue weighted by Gasteiger charge is 2.31. The fourth-order valence-corrected chi connectivity index (χ4v) is 4.52. The molecule has 1 aliphatic rings. The van der Waals surface area contributed by atoms with E-state index < -0.39 is 11.9 Å². The van der Waals surface area contributed by atoms with Gasteiger partial charge in [0, 0.05) is 22.6 Å². The Labute approximate surface area is 204 Å². The fraction of sp³-hybridized carbons (Fsp3) is 0.440. The van der Waals surface area contributed by atoms with Gasteiger partial charge in [-0.1, -0.05) is 55.5 Å². The summed E-state index contributed by atoms with van der Waals surface area (Å²) in [5.41, 5.74) is 0.681. The van der Waals surface area contributed by atoms with E-state index in [1.807, 2.05) is 6.92 Å². The van der Waals surface area contributed by atoms with Crippen LogP contribution < -0.4 is 10.1 Å². The van der Waals surface area contributed by atoms with Gasteiger partial charge in [0.25, 0.3) is 5.91 Å². The van der Waals surface area contributed by atoms with Gasteiger partial charge in [-0.2, -0.15) is 0 Å². The summed E-state index contributed by atoms with van der Waals surface area (Å²) in [4.78, 5) is 27.9. The summed E-state index contributed by atoms with van der Waals surface area (Å²) < 4.78 is 18.7. The number of hydrogen-bond donors (Lipinski definition) is 1. The normalized spacial score (nSPS) is 15.0. The third-order valence-corrected chi connectivity index (χ3v) is 6.46. The molecule has 0 spiro atoms. The molecule has 2 aromatic rings. The minimum absolute atomic E-state index is 0.131. The Morgan fingerprint density at radius 3 is 2.45 bits per heavy atom. The van der Waals surface area contributed by atoms with E-state index >= 15 is 0 Å². The van der Waals surface area contributed by atoms with Crippen molar-refractivity contribution in [2.75, 3.05) is 6.61 Å². The Morgan fingerprint density at radius 2 is 1.82 bits per heavy atom. The van der Waals surface area contributed by atoms with E-state index in [-0.39, 0.29) is 31.0 Å². The Balaban J connectivity index is 1.77. The third-order valence-electron chi connectivity index (χ3n) is 5.87. The van der Waals surface area contributed by atoms with Crippen LogP contribution in [0.4, 0.5) is 4.39 Å². The Hall–Kier alpha value is -2.31. The number of nitrogens with one attached hydrogen (secondary N) is 1. The summed E-state index contributed by atoms with van der Waals surface area (Å²) in [5, 5.41) is 4.03. The second kappa shape index (κ2) is 12.2. The molecule has 1 aliphatic carbocycles. The fourth-order valence-electron chi connectivity index (χ4n) is 4.06. The van der Waals surface area contributed by atoms with Crippen molar-refractivity contribution in [3.05, 3.63) is 63.9 Å². The Morgan fingerprint density at radius 1 is 1.12 bits per heavy atom. The van der Waals surface area contributed by atoms with Crippen LogP contribution in [0, 0.1) is 5.82 Å². The summed E-state index contributed by atoms with van der Waals surface area (Å²) >= 11 is 12.4.